The maximum Gasteiger partial charge on any atom is 0.191 e. The summed E-state index contributed by atoms with van der Waals surface area (Å²) in [6.07, 6.45) is 0. The fourth-order valence-corrected chi connectivity index (χ4v) is 3.16. The second-order valence-corrected chi connectivity index (χ2v) is 7.45. The molecule has 1 rings (SSSR count). The number of hydrogen-bond donors (Lipinski definition) is 2. The third kappa shape index (κ3) is 8.33. The van der Waals surface area contributed by atoms with Crippen molar-refractivity contribution in [1.29, 1.82) is 0 Å². The van der Waals surface area contributed by atoms with Crippen LogP contribution in [0.4, 0.5) is 0 Å². The smallest absolute Gasteiger partial charge is 0.191 e. The van der Waals surface area contributed by atoms with Crippen LogP contribution in [0.15, 0.2) is 21.8 Å². The van der Waals surface area contributed by atoms with Crippen molar-refractivity contribution in [3.63, 3.8) is 0 Å². The van der Waals surface area contributed by atoms with Crippen molar-refractivity contribution < 1.29 is 0 Å². The lowest BCUT2D eigenvalue weighted by Crippen LogP contribution is -2.45. The van der Waals surface area contributed by atoms with Gasteiger partial charge in [0.15, 0.2) is 5.96 Å². The van der Waals surface area contributed by atoms with Crippen molar-refractivity contribution >= 4 is 41.3 Å². The number of guanidine groups is 1. The van der Waals surface area contributed by atoms with Crippen molar-refractivity contribution in [3.05, 3.63) is 22.4 Å². The zero-order valence-corrected chi connectivity index (χ0v) is 17.8. The molecule has 0 fully saturated rings. The highest BCUT2D eigenvalue weighted by Gasteiger charge is 2.19. The molecule has 0 bridgehead atoms. The average molecular weight is 438 g/mol. The normalized spacial score (nSPS) is 13.7. The van der Waals surface area contributed by atoms with Gasteiger partial charge in [0.2, 0.25) is 0 Å². The van der Waals surface area contributed by atoms with Gasteiger partial charge in [0, 0.05) is 26.7 Å². The summed E-state index contributed by atoms with van der Waals surface area (Å²) in [6, 6.07) is 2.19. The minimum Gasteiger partial charge on any atom is -0.356 e. The van der Waals surface area contributed by atoms with E-state index in [9.17, 15) is 0 Å². The van der Waals surface area contributed by atoms with Crippen molar-refractivity contribution in [2.75, 3.05) is 40.8 Å². The molecule has 1 aromatic rings. The van der Waals surface area contributed by atoms with E-state index in [1.807, 2.05) is 7.05 Å². The second-order valence-electron chi connectivity index (χ2n) is 6.67. The molecular weight excluding hydrogens is 407 g/mol. The lowest BCUT2D eigenvalue weighted by Gasteiger charge is -2.29. The summed E-state index contributed by atoms with van der Waals surface area (Å²) in [5.74, 6) is 1.37. The van der Waals surface area contributed by atoms with Crippen molar-refractivity contribution in [2.24, 2.45) is 10.4 Å². The Hall–Kier alpha value is -0.340. The predicted molar refractivity (Wildman–Crippen MR) is 110 cm³/mol. The van der Waals surface area contributed by atoms with Crippen LogP contribution in [0.25, 0.3) is 0 Å². The molecule has 0 aliphatic carbocycles. The summed E-state index contributed by atoms with van der Waals surface area (Å²) >= 11 is 1.75. The average Bonchev–Trinajstić information content (AvgIpc) is 2.91. The van der Waals surface area contributed by atoms with Gasteiger partial charge in [0.05, 0.1) is 0 Å². The van der Waals surface area contributed by atoms with Gasteiger partial charge in [0.1, 0.15) is 0 Å². The van der Waals surface area contributed by atoms with Crippen LogP contribution in [0.2, 0.25) is 0 Å². The van der Waals surface area contributed by atoms with Crippen LogP contribution >= 0.6 is 35.3 Å². The SMILES string of the molecule is CN=C(NCC(C)c1ccsc1)NCC(C)(C)CN(C)C.I. The Bertz CT molecular complexity index is 429. The summed E-state index contributed by atoms with van der Waals surface area (Å²) in [4.78, 5) is 6.53. The molecule has 0 saturated heterocycles. The Morgan fingerprint density at radius 1 is 1.36 bits per heavy atom. The number of rotatable bonds is 7. The Balaban J connectivity index is 0.00000441. The van der Waals surface area contributed by atoms with Gasteiger partial charge >= 0.3 is 0 Å². The molecule has 1 atom stereocenters. The Kier molecular flexibility index (Phi) is 10.3. The molecule has 0 aliphatic heterocycles. The lowest BCUT2D eigenvalue weighted by molar-refractivity contribution is 0.241. The van der Waals surface area contributed by atoms with Crippen LogP contribution in [0.3, 0.4) is 0 Å². The zero-order chi connectivity index (χ0) is 15.9. The van der Waals surface area contributed by atoms with Crippen LogP contribution in [-0.2, 0) is 0 Å². The Labute approximate surface area is 156 Å². The summed E-state index contributed by atoms with van der Waals surface area (Å²) in [6.45, 7) is 9.60. The molecule has 1 aromatic heterocycles. The standard InChI is InChI=1S/C16H30N4S.HI/c1-13(14-7-8-21-10-14)9-18-15(17-4)19-11-16(2,3)12-20(5)6;/h7-8,10,13H,9,11-12H2,1-6H3,(H2,17,18,19);1H. The topological polar surface area (TPSA) is 39.7 Å². The van der Waals surface area contributed by atoms with E-state index in [0.717, 1.165) is 25.6 Å². The van der Waals surface area contributed by atoms with E-state index in [1.54, 1.807) is 11.3 Å². The molecule has 0 radical (unpaired) electrons. The molecule has 0 aliphatic rings. The monoisotopic (exact) mass is 438 g/mol. The van der Waals surface area contributed by atoms with Crippen molar-refractivity contribution in [3.8, 4) is 0 Å². The highest BCUT2D eigenvalue weighted by Crippen LogP contribution is 2.17. The predicted octanol–water partition coefficient (Wildman–Crippen LogP) is 3.22. The number of nitrogens with zero attached hydrogens (tertiary/aromatic N) is 2. The maximum absolute atomic E-state index is 4.31. The Morgan fingerprint density at radius 3 is 2.55 bits per heavy atom. The van der Waals surface area contributed by atoms with E-state index in [-0.39, 0.29) is 29.4 Å². The zero-order valence-electron chi connectivity index (χ0n) is 14.6. The molecule has 0 spiro atoms. The van der Waals surface area contributed by atoms with E-state index in [2.05, 4.69) is 72.2 Å². The first-order chi connectivity index (χ1) is 9.84. The first kappa shape index (κ1) is 21.7. The van der Waals surface area contributed by atoms with Crippen LogP contribution in [-0.4, -0.2) is 51.6 Å². The second kappa shape index (κ2) is 10.4. The van der Waals surface area contributed by atoms with E-state index in [0.29, 0.717) is 5.92 Å². The van der Waals surface area contributed by atoms with E-state index >= 15 is 0 Å². The highest BCUT2D eigenvalue weighted by atomic mass is 127. The van der Waals surface area contributed by atoms with Gasteiger partial charge in [-0.2, -0.15) is 11.3 Å². The molecule has 0 saturated carbocycles. The number of thiophene rings is 1. The fraction of sp³-hybridized carbons (Fsp3) is 0.688. The third-order valence-corrected chi connectivity index (χ3v) is 4.09. The molecule has 0 aromatic carbocycles. The first-order valence-corrected chi connectivity index (χ1v) is 8.39. The lowest BCUT2D eigenvalue weighted by atomic mass is 9.93. The van der Waals surface area contributed by atoms with E-state index in [1.165, 1.54) is 5.56 Å². The largest absolute Gasteiger partial charge is 0.356 e. The molecular formula is C16H31IN4S. The van der Waals surface area contributed by atoms with Crippen LogP contribution in [0, 0.1) is 5.41 Å². The van der Waals surface area contributed by atoms with Gasteiger partial charge in [-0.25, -0.2) is 0 Å². The highest BCUT2D eigenvalue weighted by molar-refractivity contribution is 14.0. The van der Waals surface area contributed by atoms with E-state index < -0.39 is 0 Å². The molecule has 128 valence electrons. The van der Waals surface area contributed by atoms with Gasteiger partial charge in [-0.05, 0) is 47.8 Å². The quantitative estimate of drug-likeness (QED) is 0.390. The molecule has 0 amide bonds. The molecule has 1 heterocycles. The summed E-state index contributed by atoms with van der Waals surface area (Å²) in [5, 5.41) is 11.2. The summed E-state index contributed by atoms with van der Waals surface area (Å²) in [5.41, 5.74) is 1.59. The molecule has 4 nitrogen and oxygen atoms in total. The number of nitrogens with one attached hydrogen (secondary N) is 2. The summed E-state index contributed by atoms with van der Waals surface area (Å²) in [7, 11) is 6.04. The van der Waals surface area contributed by atoms with E-state index in [4.69, 9.17) is 0 Å². The minimum absolute atomic E-state index is 0. The fourth-order valence-electron chi connectivity index (χ4n) is 2.38. The molecule has 1 unspecified atom stereocenters. The van der Waals surface area contributed by atoms with Crippen LogP contribution in [0.1, 0.15) is 32.3 Å². The van der Waals surface area contributed by atoms with Gasteiger partial charge in [-0.3, -0.25) is 4.99 Å². The van der Waals surface area contributed by atoms with Crippen molar-refractivity contribution in [1.82, 2.24) is 15.5 Å². The number of hydrogen-bond acceptors (Lipinski definition) is 3. The minimum atomic E-state index is 0. The van der Waals surface area contributed by atoms with Gasteiger partial charge in [-0.15, -0.1) is 24.0 Å². The van der Waals surface area contributed by atoms with Gasteiger partial charge in [0.25, 0.3) is 0 Å². The maximum atomic E-state index is 4.31. The number of halogens is 1. The molecule has 6 heteroatoms. The van der Waals surface area contributed by atoms with Gasteiger partial charge < -0.3 is 15.5 Å². The summed E-state index contributed by atoms with van der Waals surface area (Å²) < 4.78 is 0. The van der Waals surface area contributed by atoms with Crippen LogP contribution < -0.4 is 10.6 Å². The number of aliphatic imine (C=N–C) groups is 1. The molecule has 22 heavy (non-hydrogen) atoms. The van der Waals surface area contributed by atoms with Crippen molar-refractivity contribution in [2.45, 2.75) is 26.7 Å². The molecule has 2 N–H and O–H groups in total. The third-order valence-electron chi connectivity index (χ3n) is 3.39. The first-order valence-electron chi connectivity index (χ1n) is 7.45. The van der Waals surface area contributed by atoms with Gasteiger partial charge in [-0.1, -0.05) is 20.8 Å². The van der Waals surface area contributed by atoms with Crippen LogP contribution in [0.5, 0.6) is 0 Å². The Morgan fingerprint density at radius 2 is 2.05 bits per heavy atom.